The van der Waals surface area contributed by atoms with Crippen LogP contribution in [0.3, 0.4) is 0 Å². The lowest BCUT2D eigenvalue weighted by molar-refractivity contribution is -0.137. The molecule has 1 amide bonds. The van der Waals surface area contributed by atoms with Crippen LogP contribution in [0.1, 0.15) is 27.2 Å². The third-order valence-corrected chi connectivity index (χ3v) is 4.97. The van der Waals surface area contributed by atoms with Crippen LogP contribution in [0.2, 0.25) is 0 Å². The van der Waals surface area contributed by atoms with E-state index < -0.39 is 33.5 Å². The van der Waals surface area contributed by atoms with Gasteiger partial charge in [-0.2, -0.15) is 13.2 Å². The van der Waals surface area contributed by atoms with E-state index in [0.717, 1.165) is 24.5 Å². The predicted octanol–water partition coefficient (Wildman–Crippen LogP) is 4.71. The second kappa shape index (κ2) is 8.65. The van der Waals surface area contributed by atoms with Gasteiger partial charge in [0.25, 0.3) is 5.91 Å². The van der Waals surface area contributed by atoms with Crippen molar-refractivity contribution in [3.05, 3.63) is 76.8 Å². The van der Waals surface area contributed by atoms with Gasteiger partial charge in [-0.25, -0.2) is 12.8 Å². The minimum atomic E-state index is -4.51. The van der Waals surface area contributed by atoms with Crippen molar-refractivity contribution in [3.63, 3.8) is 0 Å². The van der Waals surface area contributed by atoms with E-state index >= 15 is 0 Å². The molecule has 0 saturated heterocycles. The summed E-state index contributed by atoms with van der Waals surface area (Å²) in [5.74, 6) is -1.51. The van der Waals surface area contributed by atoms with Crippen LogP contribution in [0, 0.1) is 12.7 Å². The fourth-order valence-electron chi connectivity index (χ4n) is 2.97. The Kier molecular flexibility index (Phi) is 6.31. The summed E-state index contributed by atoms with van der Waals surface area (Å²) in [6.07, 6.45) is -3.61. The number of aryl methyl sites for hydroxylation is 1. The first-order valence-corrected chi connectivity index (χ1v) is 11.0. The second-order valence-corrected chi connectivity index (χ2v) is 8.82. The molecule has 0 aliphatic rings. The highest BCUT2D eigenvalue weighted by atomic mass is 32.2. The average molecular weight is 470 g/mol. The molecule has 11 heteroatoms. The Morgan fingerprint density at radius 2 is 1.81 bits per heavy atom. The van der Waals surface area contributed by atoms with Gasteiger partial charge < -0.3 is 9.73 Å². The van der Waals surface area contributed by atoms with Gasteiger partial charge >= 0.3 is 6.18 Å². The van der Waals surface area contributed by atoms with E-state index in [1.807, 2.05) is 0 Å². The van der Waals surface area contributed by atoms with E-state index in [4.69, 9.17) is 4.42 Å². The molecule has 0 bridgehead atoms. The highest BCUT2D eigenvalue weighted by Crippen LogP contribution is 2.32. The van der Waals surface area contributed by atoms with Gasteiger partial charge in [-0.3, -0.25) is 9.52 Å². The highest BCUT2D eigenvalue weighted by molar-refractivity contribution is 7.92. The number of amides is 1. The first-order valence-electron chi connectivity index (χ1n) is 9.16. The summed E-state index contributed by atoms with van der Waals surface area (Å²) in [5.41, 5.74) is -0.171. The van der Waals surface area contributed by atoms with Gasteiger partial charge in [-0.05, 0) is 48.4 Å². The van der Waals surface area contributed by atoms with Gasteiger partial charge in [0.15, 0.2) is 5.76 Å². The van der Waals surface area contributed by atoms with Crippen molar-refractivity contribution in [1.82, 2.24) is 5.32 Å². The molecule has 0 aliphatic carbocycles. The van der Waals surface area contributed by atoms with Crippen molar-refractivity contribution in [1.29, 1.82) is 0 Å². The largest absolute Gasteiger partial charge is 0.451 e. The maximum Gasteiger partial charge on any atom is 0.416 e. The number of alkyl halides is 3. The lowest BCUT2D eigenvalue weighted by Crippen LogP contribution is -2.22. The second-order valence-electron chi connectivity index (χ2n) is 7.07. The number of hydrogen-bond acceptors (Lipinski definition) is 4. The smallest absolute Gasteiger partial charge is 0.416 e. The highest BCUT2D eigenvalue weighted by Gasteiger charge is 2.30. The molecule has 3 aromatic rings. The van der Waals surface area contributed by atoms with Crippen LogP contribution in [0.5, 0.6) is 0 Å². The molecule has 1 heterocycles. The maximum absolute atomic E-state index is 14.3. The van der Waals surface area contributed by atoms with Crippen molar-refractivity contribution in [2.24, 2.45) is 0 Å². The number of sulfonamides is 1. The van der Waals surface area contributed by atoms with E-state index in [1.165, 1.54) is 37.3 Å². The molecule has 1 aromatic heterocycles. The minimum Gasteiger partial charge on any atom is -0.451 e. The molecule has 3 rings (SSSR count). The molecule has 32 heavy (non-hydrogen) atoms. The SMILES string of the molecule is Cc1cc(CNC(=O)c2ccc(-c3cccc(C(F)(F)F)c3)o2)cc(F)c1NS(C)(=O)=O. The number of rotatable bonds is 6. The molecule has 0 radical (unpaired) electrons. The summed E-state index contributed by atoms with van der Waals surface area (Å²) in [6, 6.07) is 9.78. The van der Waals surface area contributed by atoms with Crippen LogP contribution in [-0.4, -0.2) is 20.6 Å². The van der Waals surface area contributed by atoms with E-state index in [0.29, 0.717) is 11.1 Å². The Bertz CT molecular complexity index is 1240. The number of benzene rings is 2. The Morgan fingerprint density at radius 1 is 1.09 bits per heavy atom. The van der Waals surface area contributed by atoms with Crippen molar-refractivity contribution < 1.29 is 35.2 Å². The number of carbonyl (C=O) groups excluding carboxylic acids is 1. The van der Waals surface area contributed by atoms with E-state index in [1.54, 1.807) is 0 Å². The van der Waals surface area contributed by atoms with Gasteiger partial charge in [0.1, 0.15) is 11.6 Å². The molecule has 0 atom stereocenters. The molecule has 6 nitrogen and oxygen atoms in total. The summed E-state index contributed by atoms with van der Waals surface area (Å²) in [7, 11) is -3.66. The van der Waals surface area contributed by atoms with Crippen LogP contribution in [0.4, 0.5) is 23.2 Å². The Hall–Kier alpha value is -3.34. The zero-order valence-corrected chi connectivity index (χ0v) is 17.7. The molecular weight excluding hydrogens is 452 g/mol. The number of halogens is 4. The molecular formula is C21H18F4N2O4S. The monoisotopic (exact) mass is 470 g/mol. The van der Waals surface area contributed by atoms with Crippen LogP contribution in [0.15, 0.2) is 52.9 Å². The number of hydrogen-bond donors (Lipinski definition) is 2. The fourth-order valence-corrected chi connectivity index (χ4v) is 3.59. The summed E-state index contributed by atoms with van der Waals surface area (Å²) >= 11 is 0. The molecule has 0 spiro atoms. The van der Waals surface area contributed by atoms with Crippen LogP contribution < -0.4 is 10.0 Å². The van der Waals surface area contributed by atoms with Gasteiger partial charge in [0, 0.05) is 12.1 Å². The minimum absolute atomic E-state index is 0.0827. The van der Waals surface area contributed by atoms with Crippen LogP contribution in [0.25, 0.3) is 11.3 Å². The van der Waals surface area contributed by atoms with E-state index in [2.05, 4.69) is 10.0 Å². The zero-order valence-electron chi connectivity index (χ0n) is 16.9. The van der Waals surface area contributed by atoms with Crippen molar-refractivity contribution >= 4 is 21.6 Å². The van der Waals surface area contributed by atoms with Gasteiger partial charge in [-0.1, -0.05) is 18.2 Å². The maximum atomic E-state index is 14.3. The summed E-state index contributed by atoms with van der Waals surface area (Å²) < 4.78 is 83.1. The van der Waals surface area contributed by atoms with E-state index in [-0.39, 0.29) is 29.3 Å². The zero-order chi connectivity index (χ0) is 23.7. The van der Waals surface area contributed by atoms with Gasteiger partial charge in [0.05, 0.1) is 17.5 Å². The van der Waals surface area contributed by atoms with Crippen LogP contribution in [-0.2, 0) is 22.7 Å². The predicted molar refractivity (Wildman–Crippen MR) is 110 cm³/mol. The van der Waals surface area contributed by atoms with E-state index in [9.17, 15) is 30.8 Å². The lowest BCUT2D eigenvalue weighted by Gasteiger charge is -2.12. The molecule has 2 N–H and O–H groups in total. The van der Waals surface area contributed by atoms with Crippen molar-refractivity contribution in [2.75, 3.05) is 11.0 Å². The lowest BCUT2D eigenvalue weighted by atomic mass is 10.1. The first kappa shape index (κ1) is 23.3. The number of anilines is 1. The number of carbonyl (C=O) groups is 1. The van der Waals surface area contributed by atoms with Crippen molar-refractivity contribution in [3.8, 4) is 11.3 Å². The molecule has 0 unspecified atom stereocenters. The standard InChI is InChI=1S/C21H18F4N2O4S/c1-12-8-13(9-16(22)19(12)27-32(2,29)30)11-26-20(28)18-7-6-17(31-18)14-4-3-5-15(10-14)21(23,24)25/h3-10,27H,11H2,1-2H3,(H,26,28). The molecule has 0 fully saturated rings. The normalized spacial score (nSPS) is 11.9. The summed E-state index contributed by atoms with van der Waals surface area (Å²) in [5, 5.41) is 2.52. The quantitative estimate of drug-likeness (QED) is 0.511. The molecule has 0 saturated carbocycles. The Balaban J connectivity index is 1.71. The number of furan rings is 1. The Morgan fingerprint density at radius 3 is 2.44 bits per heavy atom. The molecule has 0 aliphatic heterocycles. The molecule has 170 valence electrons. The third-order valence-electron chi connectivity index (χ3n) is 4.39. The molecule has 2 aromatic carbocycles. The number of nitrogens with one attached hydrogen (secondary N) is 2. The fraction of sp³-hybridized carbons (Fsp3) is 0.190. The summed E-state index contributed by atoms with van der Waals surface area (Å²) in [4.78, 5) is 12.3. The average Bonchev–Trinajstić information content (AvgIpc) is 3.18. The summed E-state index contributed by atoms with van der Waals surface area (Å²) in [6.45, 7) is 1.42. The first-order chi connectivity index (χ1) is 14.8. The van der Waals surface area contributed by atoms with Gasteiger partial charge in [-0.15, -0.1) is 0 Å². The Labute approximate surface area is 181 Å². The van der Waals surface area contributed by atoms with Crippen LogP contribution >= 0.6 is 0 Å². The topological polar surface area (TPSA) is 88.4 Å². The third kappa shape index (κ3) is 5.67. The van der Waals surface area contributed by atoms with Crippen molar-refractivity contribution in [2.45, 2.75) is 19.6 Å². The van der Waals surface area contributed by atoms with Gasteiger partial charge in [0.2, 0.25) is 10.0 Å².